The smallest absolute Gasteiger partial charge is 0.192 e. The summed E-state index contributed by atoms with van der Waals surface area (Å²) >= 11 is 1.65. The molecule has 0 spiro atoms. The van der Waals surface area contributed by atoms with E-state index in [1.807, 2.05) is 11.4 Å². The monoisotopic (exact) mass is 268 g/mol. The van der Waals surface area contributed by atoms with Crippen molar-refractivity contribution < 1.29 is 8.42 Å². The van der Waals surface area contributed by atoms with Gasteiger partial charge in [-0.25, -0.2) is 13.4 Å². The Hall–Kier alpha value is -1.40. The van der Waals surface area contributed by atoms with Gasteiger partial charge >= 0.3 is 0 Å². The van der Waals surface area contributed by atoms with Crippen molar-refractivity contribution in [1.82, 2.24) is 4.98 Å². The predicted molar refractivity (Wildman–Crippen MR) is 69.0 cm³/mol. The molecule has 0 aliphatic carbocycles. The average Bonchev–Trinajstić information content (AvgIpc) is 2.78. The van der Waals surface area contributed by atoms with E-state index in [-0.39, 0.29) is 5.03 Å². The second kappa shape index (κ2) is 4.85. The summed E-state index contributed by atoms with van der Waals surface area (Å²) in [5.74, 6) is 0. The number of rotatable bonds is 4. The molecule has 0 amide bonds. The van der Waals surface area contributed by atoms with Crippen molar-refractivity contribution in [3.63, 3.8) is 0 Å². The Bertz CT molecular complexity index is 574. The summed E-state index contributed by atoms with van der Waals surface area (Å²) < 4.78 is 22.4. The molecule has 0 unspecified atom stereocenters. The summed E-state index contributed by atoms with van der Waals surface area (Å²) in [5.41, 5.74) is 2.01. The molecule has 0 bridgehead atoms. The highest BCUT2D eigenvalue weighted by molar-refractivity contribution is 7.90. The second-order valence-corrected chi connectivity index (χ2v) is 6.39. The van der Waals surface area contributed by atoms with Gasteiger partial charge in [-0.1, -0.05) is 0 Å². The third-order valence-corrected chi connectivity index (χ3v) is 3.93. The first-order chi connectivity index (χ1) is 8.05. The molecule has 1 N–H and O–H groups in total. The van der Waals surface area contributed by atoms with Crippen molar-refractivity contribution in [3.05, 3.63) is 40.7 Å². The van der Waals surface area contributed by atoms with E-state index in [1.54, 1.807) is 17.4 Å². The number of aromatic nitrogens is 1. The van der Waals surface area contributed by atoms with Crippen LogP contribution in [0.3, 0.4) is 0 Å². The van der Waals surface area contributed by atoms with E-state index in [2.05, 4.69) is 15.7 Å². The van der Waals surface area contributed by atoms with Crippen LogP contribution in [-0.2, 0) is 16.4 Å². The highest BCUT2D eigenvalue weighted by Gasteiger charge is 2.07. The summed E-state index contributed by atoms with van der Waals surface area (Å²) in [5, 5.41) is 7.35. The number of nitrogens with one attached hydrogen (secondary N) is 1. The van der Waals surface area contributed by atoms with Gasteiger partial charge in [0.15, 0.2) is 14.9 Å². The zero-order chi connectivity index (χ0) is 12.3. The van der Waals surface area contributed by atoms with Gasteiger partial charge in [0.05, 0.1) is 11.9 Å². The predicted octanol–water partition coefficient (Wildman–Crippen LogP) is 2.16. The molecule has 0 aliphatic rings. The molecule has 0 saturated carbocycles. The number of nitrogens with zero attached hydrogens (tertiary/aromatic N) is 1. The number of thiophene rings is 1. The second-order valence-electron chi connectivity index (χ2n) is 3.64. The number of hydrogen-bond donors (Lipinski definition) is 1. The van der Waals surface area contributed by atoms with E-state index in [0.29, 0.717) is 6.54 Å². The molecule has 2 heterocycles. The topological polar surface area (TPSA) is 59.1 Å². The van der Waals surface area contributed by atoms with Crippen LogP contribution in [0.4, 0.5) is 5.69 Å². The Balaban J connectivity index is 2.04. The molecule has 17 heavy (non-hydrogen) atoms. The van der Waals surface area contributed by atoms with Crippen molar-refractivity contribution in [2.75, 3.05) is 11.6 Å². The zero-order valence-corrected chi connectivity index (χ0v) is 10.9. The van der Waals surface area contributed by atoms with E-state index in [0.717, 1.165) is 11.9 Å². The Morgan fingerprint density at radius 2 is 2.18 bits per heavy atom. The zero-order valence-electron chi connectivity index (χ0n) is 9.25. The maximum Gasteiger partial charge on any atom is 0.192 e. The van der Waals surface area contributed by atoms with Gasteiger partial charge in [0.1, 0.15) is 0 Å². The van der Waals surface area contributed by atoms with E-state index < -0.39 is 9.84 Å². The molecule has 2 aromatic rings. The molecule has 90 valence electrons. The summed E-state index contributed by atoms with van der Waals surface area (Å²) in [6.07, 6.45) is 2.68. The molecule has 2 aromatic heterocycles. The first-order valence-electron chi connectivity index (χ1n) is 4.97. The molecule has 0 saturated heterocycles. The molecule has 6 heteroatoms. The van der Waals surface area contributed by atoms with Gasteiger partial charge in [0.2, 0.25) is 0 Å². The van der Waals surface area contributed by atoms with Crippen LogP contribution < -0.4 is 5.32 Å². The highest BCUT2D eigenvalue weighted by atomic mass is 32.2. The molecule has 0 atom stereocenters. The molecule has 0 aromatic carbocycles. The van der Waals surface area contributed by atoms with Crippen LogP contribution in [0.2, 0.25) is 0 Å². The SMILES string of the molecule is CS(=O)(=O)c1ccc(NCc2ccsc2)cn1. The first kappa shape index (κ1) is 12.1. The quantitative estimate of drug-likeness (QED) is 0.923. The lowest BCUT2D eigenvalue weighted by molar-refractivity contribution is 0.598. The third kappa shape index (κ3) is 3.28. The van der Waals surface area contributed by atoms with Gasteiger partial charge in [-0.3, -0.25) is 0 Å². The largest absolute Gasteiger partial charge is 0.380 e. The maximum absolute atomic E-state index is 11.2. The molecule has 4 nitrogen and oxygen atoms in total. The van der Waals surface area contributed by atoms with Crippen molar-refractivity contribution in [2.45, 2.75) is 11.6 Å². The fraction of sp³-hybridized carbons (Fsp3) is 0.182. The van der Waals surface area contributed by atoms with E-state index in [1.165, 1.54) is 17.8 Å². The minimum atomic E-state index is -3.21. The number of pyridine rings is 1. The summed E-state index contributed by atoms with van der Waals surface area (Å²) in [7, 11) is -3.21. The average molecular weight is 268 g/mol. The van der Waals surface area contributed by atoms with Crippen LogP contribution in [0.1, 0.15) is 5.56 Å². The lowest BCUT2D eigenvalue weighted by atomic mass is 10.3. The van der Waals surface area contributed by atoms with Gasteiger partial charge in [-0.05, 0) is 34.5 Å². The van der Waals surface area contributed by atoms with Crippen LogP contribution in [0.25, 0.3) is 0 Å². The molecule has 0 radical (unpaired) electrons. The Morgan fingerprint density at radius 3 is 2.71 bits per heavy atom. The standard InChI is InChI=1S/C11H12N2O2S2/c1-17(14,15)11-3-2-10(7-13-11)12-6-9-4-5-16-8-9/h2-5,7-8,12H,6H2,1H3. The number of anilines is 1. The van der Waals surface area contributed by atoms with Crippen molar-refractivity contribution in [3.8, 4) is 0 Å². The maximum atomic E-state index is 11.2. The van der Waals surface area contributed by atoms with Gasteiger partial charge in [0, 0.05) is 12.8 Å². The van der Waals surface area contributed by atoms with Crippen LogP contribution in [0.5, 0.6) is 0 Å². The Morgan fingerprint density at radius 1 is 1.35 bits per heavy atom. The van der Waals surface area contributed by atoms with E-state index >= 15 is 0 Å². The molecular formula is C11H12N2O2S2. The van der Waals surface area contributed by atoms with Gasteiger partial charge in [-0.15, -0.1) is 0 Å². The van der Waals surface area contributed by atoms with Gasteiger partial charge in [-0.2, -0.15) is 11.3 Å². The lowest BCUT2D eigenvalue weighted by Gasteiger charge is -2.05. The number of sulfone groups is 1. The first-order valence-corrected chi connectivity index (χ1v) is 7.80. The van der Waals surface area contributed by atoms with E-state index in [4.69, 9.17) is 0 Å². The van der Waals surface area contributed by atoms with Gasteiger partial charge in [0.25, 0.3) is 0 Å². The van der Waals surface area contributed by atoms with Crippen molar-refractivity contribution in [1.29, 1.82) is 0 Å². The molecular weight excluding hydrogens is 256 g/mol. The summed E-state index contributed by atoms with van der Waals surface area (Å²) in [6, 6.07) is 5.26. The molecule has 0 fully saturated rings. The van der Waals surface area contributed by atoms with Crippen LogP contribution in [-0.4, -0.2) is 19.7 Å². The van der Waals surface area contributed by atoms with Crippen molar-refractivity contribution in [2.24, 2.45) is 0 Å². The normalized spacial score (nSPS) is 11.4. The van der Waals surface area contributed by atoms with Gasteiger partial charge < -0.3 is 5.32 Å². The lowest BCUT2D eigenvalue weighted by Crippen LogP contribution is -2.02. The fourth-order valence-corrected chi connectivity index (χ4v) is 2.53. The highest BCUT2D eigenvalue weighted by Crippen LogP contribution is 2.12. The fourth-order valence-electron chi connectivity index (χ4n) is 1.30. The van der Waals surface area contributed by atoms with E-state index in [9.17, 15) is 8.42 Å². The molecule has 2 rings (SSSR count). The Kier molecular flexibility index (Phi) is 3.44. The third-order valence-electron chi connectivity index (χ3n) is 2.19. The van der Waals surface area contributed by atoms with Crippen LogP contribution in [0, 0.1) is 0 Å². The van der Waals surface area contributed by atoms with Crippen LogP contribution in [0.15, 0.2) is 40.2 Å². The summed E-state index contributed by atoms with van der Waals surface area (Å²) in [6.45, 7) is 0.712. The Labute approximate surface area is 104 Å². The summed E-state index contributed by atoms with van der Waals surface area (Å²) in [4.78, 5) is 3.90. The van der Waals surface area contributed by atoms with Crippen molar-refractivity contribution >= 4 is 26.9 Å². The van der Waals surface area contributed by atoms with Crippen LogP contribution >= 0.6 is 11.3 Å². The number of hydrogen-bond acceptors (Lipinski definition) is 5. The minimum absolute atomic E-state index is 0.0959. The molecule has 0 aliphatic heterocycles. The minimum Gasteiger partial charge on any atom is -0.380 e.